The molecule has 3 amide bonds. The van der Waals surface area contributed by atoms with E-state index in [9.17, 15) is 19.2 Å². The molecule has 1 saturated heterocycles. The molecule has 5 rings (SSSR count). The molecule has 0 unspecified atom stereocenters. The number of esters is 1. The quantitative estimate of drug-likeness (QED) is 0.364. The predicted molar refractivity (Wildman–Crippen MR) is 160 cm³/mol. The van der Waals surface area contributed by atoms with Gasteiger partial charge in [-0.3, -0.25) is 19.4 Å². The van der Waals surface area contributed by atoms with Gasteiger partial charge in [-0.15, -0.1) is 0 Å². The molecular weight excluding hydrogens is 546 g/mol. The number of aromatic nitrogens is 2. The van der Waals surface area contributed by atoms with Gasteiger partial charge in [0.25, 0.3) is 5.91 Å². The number of hydrogen-bond donors (Lipinski definition) is 2. The van der Waals surface area contributed by atoms with Gasteiger partial charge in [-0.05, 0) is 69.1 Å². The maximum atomic E-state index is 14.5. The molecule has 2 bridgehead atoms. The lowest BCUT2D eigenvalue weighted by Gasteiger charge is -2.38. The second-order valence-corrected chi connectivity index (χ2v) is 14.9. The van der Waals surface area contributed by atoms with E-state index in [2.05, 4.69) is 32.8 Å². The van der Waals surface area contributed by atoms with Crippen LogP contribution < -0.4 is 10.6 Å². The molecule has 10 nitrogen and oxygen atoms in total. The van der Waals surface area contributed by atoms with Crippen molar-refractivity contribution in [2.45, 2.75) is 104 Å². The molecule has 234 valence electrons. The molecule has 4 aliphatic rings. The number of likely N-dealkylation sites (tertiary alicyclic amines) is 1. The van der Waals surface area contributed by atoms with E-state index < -0.39 is 41.0 Å². The van der Waals surface area contributed by atoms with Crippen LogP contribution in [-0.4, -0.2) is 68.8 Å². The summed E-state index contributed by atoms with van der Waals surface area (Å²) in [6.45, 7) is 11.7. The minimum absolute atomic E-state index is 0.00590. The smallest absolute Gasteiger partial charge is 0.329 e. The molecule has 7 atom stereocenters. The highest BCUT2D eigenvalue weighted by molar-refractivity contribution is 5.98. The summed E-state index contributed by atoms with van der Waals surface area (Å²) < 4.78 is 5.86. The van der Waals surface area contributed by atoms with Gasteiger partial charge in [0, 0.05) is 24.9 Å². The molecule has 3 fully saturated rings. The average Bonchev–Trinajstić information content (AvgIpc) is 3.66. The Morgan fingerprint density at radius 1 is 0.953 bits per heavy atom. The van der Waals surface area contributed by atoms with Crippen molar-refractivity contribution >= 4 is 23.7 Å². The van der Waals surface area contributed by atoms with Crippen LogP contribution in [0.3, 0.4) is 0 Å². The number of fused-ring (bicyclic) bond motifs is 5. The maximum Gasteiger partial charge on any atom is 0.329 e. The summed E-state index contributed by atoms with van der Waals surface area (Å²) in [6.07, 6.45) is 14.4. The summed E-state index contributed by atoms with van der Waals surface area (Å²) in [7, 11) is 0. The molecule has 1 aromatic rings. The van der Waals surface area contributed by atoms with Gasteiger partial charge in [0.15, 0.2) is 0 Å². The van der Waals surface area contributed by atoms with Crippen LogP contribution in [0.1, 0.15) is 90.6 Å². The van der Waals surface area contributed by atoms with Gasteiger partial charge in [-0.2, -0.15) is 0 Å². The summed E-state index contributed by atoms with van der Waals surface area (Å²) in [6, 6.07) is -2.44. The van der Waals surface area contributed by atoms with Crippen LogP contribution in [0.15, 0.2) is 30.7 Å². The third-order valence-corrected chi connectivity index (χ3v) is 9.61. The van der Waals surface area contributed by atoms with E-state index in [-0.39, 0.29) is 41.2 Å². The second kappa shape index (κ2) is 12.0. The molecule has 3 aliphatic carbocycles. The van der Waals surface area contributed by atoms with Crippen LogP contribution in [0, 0.1) is 35.0 Å². The number of nitrogens with zero attached hydrogens (tertiary/aromatic N) is 3. The van der Waals surface area contributed by atoms with E-state index in [1.807, 2.05) is 41.5 Å². The van der Waals surface area contributed by atoms with Gasteiger partial charge in [0.2, 0.25) is 11.8 Å². The highest BCUT2D eigenvalue weighted by Gasteiger charge is 2.59. The van der Waals surface area contributed by atoms with Gasteiger partial charge in [-0.1, -0.05) is 52.2 Å². The van der Waals surface area contributed by atoms with Crippen molar-refractivity contribution in [2.75, 3.05) is 6.54 Å². The third-order valence-electron chi connectivity index (χ3n) is 9.61. The standard InChI is InChI=1S/C33H47N5O5/c1-32(2,3)27(37-29(40)25(19-10-8-7-9-11-19)36-28(39)23-17-34-14-15-35-23)30(41)38-18-22-20-12-13-21(16-20)24(22)26(38)31(42)43-33(4,5)6/h12-15,17,19-22,24-27H,7-11,16,18H2,1-6H3,(H,36,39)(H,37,40)/t20-,21+,22-,24+,25+,26+,27-/m1/s1. The summed E-state index contributed by atoms with van der Waals surface area (Å²) >= 11 is 0. The number of ether oxygens (including phenoxy) is 1. The van der Waals surface area contributed by atoms with E-state index in [1.165, 1.54) is 18.6 Å². The van der Waals surface area contributed by atoms with Crippen LogP contribution in [-0.2, 0) is 19.1 Å². The third kappa shape index (κ3) is 6.63. The summed E-state index contributed by atoms with van der Waals surface area (Å²) in [5.41, 5.74) is -1.22. The molecule has 10 heteroatoms. The Morgan fingerprint density at radius 3 is 2.28 bits per heavy atom. The van der Waals surface area contributed by atoms with Crippen molar-refractivity contribution in [2.24, 2.45) is 35.0 Å². The zero-order valence-electron chi connectivity index (χ0n) is 26.3. The van der Waals surface area contributed by atoms with Crippen LogP contribution in [0.2, 0.25) is 0 Å². The van der Waals surface area contributed by atoms with Crippen molar-refractivity contribution < 1.29 is 23.9 Å². The number of carbonyl (C=O) groups excluding carboxylic acids is 4. The van der Waals surface area contributed by atoms with Crippen molar-refractivity contribution in [1.29, 1.82) is 0 Å². The van der Waals surface area contributed by atoms with Crippen molar-refractivity contribution in [3.63, 3.8) is 0 Å². The Kier molecular flexibility index (Phi) is 8.69. The average molecular weight is 594 g/mol. The molecule has 1 aromatic heterocycles. The predicted octanol–water partition coefficient (Wildman–Crippen LogP) is 3.68. The van der Waals surface area contributed by atoms with Crippen molar-refractivity contribution in [3.8, 4) is 0 Å². The molecular formula is C33H47N5O5. The van der Waals surface area contributed by atoms with E-state index in [4.69, 9.17) is 4.74 Å². The Labute approximate surface area is 254 Å². The van der Waals surface area contributed by atoms with E-state index >= 15 is 0 Å². The molecule has 2 saturated carbocycles. The minimum atomic E-state index is -0.908. The fourth-order valence-corrected chi connectivity index (χ4v) is 7.65. The van der Waals surface area contributed by atoms with Gasteiger partial charge >= 0.3 is 5.97 Å². The van der Waals surface area contributed by atoms with Crippen molar-refractivity contribution in [1.82, 2.24) is 25.5 Å². The lowest BCUT2D eigenvalue weighted by Crippen LogP contribution is -2.61. The first-order valence-corrected chi connectivity index (χ1v) is 15.8. The van der Waals surface area contributed by atoms with Gasteiger partial charge in [0.05, 0.1) is 6.20 Å². The number of hydrogen-bond acceptors (Lipinski definition) is 7. The normalized spacial score (nSPS) is 28.2. The van der Waals surface area contributed by atoms with Crippen LogP contribution in [0.5, 0.6) is 0 Å². The van der Waals surface area contributed by atoms with E-state index in [0.29, 0.717) is 12.5 Å². The van der Waals surface area contributed by atoms with Gasteiger partial charge < -0.3 is 20.3 Å². The van der Waals surface area contributed by atoms with Crippen LogP contribution in [0.4, 0.5) is 0 Å². The molecule has 0 spiro atoms. The lowest BCUT2D eigenvalue weighted by molar-refractivity contribution is -0.166. The first-order chi connectivity index (χ1) is 20.2. The minimum Gasteiger partial charge on any atom is -0.458 e. The lowest BCUT2D eigenvalue weighted by atomic mass is 9.81. The van der Waals surface area contributed by atoms with E-state index in [1.54, 1.807) is 4.90 Å². The number of carbonyl (C=O) groups is 4. The summed E-state index contributed by atoms with van der Waals surface area (Å²) in [5.74, 6) is -0.830. The van der Waals surface area contributed by atoms with Gasteiger partial charge in [0.1, 0.15) is 29.4 Å². The Bertz CT molecular complexity index is 1250. The van der Waals surface area contributed by atoms with E-state index in [0.717, 1.165) is 38.5 Å². The number of amides is 3. The highest BCUT2D eigenvalue weighted by atomic mass is 16.6. The topological polar surface area (TPSA) is 131 Å². The fourth-order valence-electron chi connectivity index (χ4n) is 7.65. The first kappa shape index (κ1) is 31.1. The first-order valence-electron chi connectivity index (χ1n) is 15.8. The Morgan fingerprint density at radius 2 is 1.65 bits per heavy atom. The fraction of sp³-hybridized carbons (Fsp3) is 0.697. The molecule has 2 N–H and O–H groups in total. The molecule has 0 aromatic carbocycles. The number of nitrogens with one attached hydrogen (secondary N) is 2. The molecule has 1 aliphatic heterocycles. The molecule has 43 heavy (non-hydrogen) atoms. The zero-order chi connectivity index (χ0) is 31.1. The summed E-state index contributed by atoms with van der Waals surface area (Å²) in [4.78, 5) is 65.1. The highest BCUT2D eigenvalue weighted by Crippen LogP contribution is 2.54. The monoisotopic (exact) mass is 593 g/mol. The largest absolute Gasteiger partial charge is 0.458 e. The molecule has 0 radical (unpaired) electrons. The summed E-state index contributed by atoms with van der Waals surface area (Å²) in [5, 5.41) is 5.96. The van der Waals surface area contributed by atoms with Crippen molar-refractivity contribution in [3.05, 3.63) is 36.4 Å². The van der Waals surface area contributed by atoms with Gasteiger partial charge in [-0.25, -0.2) is 9.78 Å². The van der Waals surface area contributed by atoms with Crippen LogP contribution in [0.25, 0.3) is 0 Å². The molecule has 2 heterocycles. The Hall–Kier alpha value is -3.30. The zero-order valence-corrected chi connectivity index (χ0v) is 26.3. The van der Waals surface area contributed by atoms with Crippen LogP contribution >= 0.6 is 0 Å². The SMILES string of the molecule is CC(C)(C)OC(=O)[C@@H]1[C@@H]2[C@H](CN1C(=O)[C@@H](NC(=O)[C@@H](NC(=O)c1cnccn1)C1CCCCC1)C(C)(C)C)[C@@H]1C=C[C@H]2C1. The second-order valence-electron chi connectivity index (χ2n) is 14.9. The Balaban J connectivity index is 1.40. The number of allylic oxidation sites excluding steroid dienone is 2. The number of rotatable bonds is 7. The maximum absolute atomic E-state index is 14.5.